The van der Waals surface area contributed by atoms with Gasteiger partial charge in [0, 0.05) is 47.7 Å². The van der Waals surface area contributed by atoms with Gasteiger partial charge in [0.2, 0.25) is 0 Å². The summed E-state index contributed by atoms with van der Waals surface area (Å²) in [6.45, 7) is 5.62. The molecule has 0 atom stereocenters. The number of piperidine rings is 2. The number of carbonyl (C=O) groups excluding carboxylic acids is 3. The van der Waals surface area contributed by atoms with Gasteiger partial charge in [0.15, 0.2) is 0 Å². The normalized spacial score (nSPS) is 15.9. The van der Waals surface area contributed by atoms with Crippen molar-refractivity contribution in [2.45, 2.75) is 51.2 Å². The van der Waals surface area contributed by atoms with E-state index in [2.05, 4.69) is 55.2 Å². The fraction of sp³-hybridized carbons (Fsp3) is 0.368. The third-order valence-electron chi connectivity index (χ3n) is 9.67. The van der Waals surface area contributed by atoms with Crippen LogP contribution in [-0.4, -0.2) is 94.8 Å². The number of hydrogen-bond donors (Lipinski definition) is 4. The largest absolute Gasteiger partial charge is 0.349 e. The van der Waals surface area contributed by atoms with E-state index in [1.807, 2.05) is 24.3 Å². The Hall–Kier alpha value is -4.82. The summed E-state index contributed by atoms with van der Waals surface area (Å²) in [6.07, 6.45) is 6.09. The van der Waals surface area contributed by atoms with Crippen LogP contribution in [0.1, 0.15) is 53.3 Å². The van der Waals surface area contributed by atoms with Crippen molar-refractivity contribution in [2.75, 3.05) is 50.9 Å². The number of rotatable bonds is 9. The molecule has 2 aliphatic rings. The van der Waals surface area contributed by atoms with Gasteiger partial charge in [-0.2, -0.15) is 5.10 Å². The Morgan fingerprint density at radius 3 is 1.85 bits per heavy atom. The van der Waals surface area contributed by atoms with Gasteiger partial charge in [-0.05, 0) is 114 Å². The van der Waals surface area contributed by atoms with Crippen molar-refractivity contribution in [3.05, 3.63) is 92.5 Å². The van der Waals surface area contributed by atoms with Gasteiger partial charge in [-0.1, -0.05) is 41.4 Å². The van der Waals surface area contributed by atoms with Crippen LogP contribution in [0.4, 0.5) is 16.2 Å². The summed E-state index contributed by atoms with van der Waals surface area (Å²) < 4.78 is 1.25. The highest BCUT2D eigenvalue weighted by atomic mass is 35.5. The summed E-state index contributed by atoms with van der Waals surface area (Å²) in [5.41, 5.74) is 2.89. The van der Waals surface area contributed by atoms with Crippen LogP contribution >= 0.6 is 23.2 Å². The molecule has 0 radical (unpaired) electrons. The fourth-order valence-electron chi connectivity index (χ4n) is 6.54. The number of carbonyl (C=O) groups is 3. The van der Waals surface area contributed by atoms with Crippen LogP contribution < -0.4 is 26.8 Å². The van der Waals surface area contributed by atoms with E-state index in [-0.39, 0.29) is 51.9 Å². The second-order valence-electron chi connectivity index (χ2n) is 13.6. The number of pyridine rings is 1. The van der Waals surface area contributed by atoms with E-state index >= 15 is 0 Å². The molecule has 4 N–H and O–H groups in total. The number of halogens is 2. The van der Waals surface area contributed by atoms with Gasteiger partial charge in [-0.15, -0.1) is 0 Å². The summed E-state index contributed by atoms with van der Waals surface area (Å²) in [5, 5.41) is 16.4. The Bertz CT molecular complexity index is 1980. The van der Waals surface area contributed by atoms with Gasteiger partial charge in [0.1, 0.15) is 5.69 Å². The van der Waals surface area contributed by atoms with Crippen LogP contribution in [0.5, 0.6) is 0 Å². The molecule has 0 saturated carbocycles. The van der Waals surface area contributed by atoms with Crippen LogP contribution in [0.2, 0.25) is 10.0 Å². The van der Waals surface area contributed by atoms with E-state index in [0.717, 1.165) is 57.4 Å². The minimum atomic E-state index is -0.730. The molecule has 4 amide bonds. The van der Waals surface area contributed by atoms with Crippen molar-refractivity contribution in [3.8, 4) is 22.4 Å². The molecule has 6 rings (SSSR count). The maximum atomic E-state index is 13.7. The Balaban J connectivity index is 1.31. The van der Waals surface area contributed by atoms with Crippen LogP contribution in [0.15, 0.2) is 65.7 Å². The van der Waals surface area contributed by atoms with Gasteiger partial charge in [0.05, 0.1) is 21.4 Å². The number of urea groups is 1. The molecular weight excluding hydrogens is 717 g/mol. The molecule has 13 nitrogen and oxygen atoms in total. The van der Waals surface area contributed by atoms with Gasteiger partial charge < -0.3 is 31.1 Å². The van der Waals surface area contributed by atoms with Crippen LogP contribution in [-0.2, 0) is 6.54 Å². The minimum Gasteiger partial charge on any atom is -0.349 e. The summed E-state index contributed by atoms with van der Waals surface area (Å²) in [5.74, 6) is -0.461. The molecular formula is C38H43Cl2N9O4. The maximum Gasteiger partial charge on any atom is 0.323 e. The van der Waals surface area contributed by atoms with Gasteiger partial charge in [-0.3, -0.25) is 19.4 Å². The van der Waals surface area contributed by atoms with Crippen molar-refractivity contribution in [3.63, 3.8) is 0 Å². The first-order chi connectivity index (χ1) is 25.5. The number of aryl methyl sites for hydroxylation is 1. The highest BCUT2D eigenvalue weighted by molar-refractivity contribution is 6.39. The van der Waals surface area contributed by atoms with Crippen LogP contribution in [0.3, 0.4) is 0 Å². The maximum absolute atomic E-state index is 13.7. The zero-order valence-corrected chi connectivity index (χ0v) is 31.4. The molecule has 2 fully saturated rings. The van der Waals surface area contributed by atoms with E-state index in [1.165, 1.54) is 23.1 Å². The SMILES string of the molecule is CCn1nc(-c2cccc(-c3cc(C(=O)NC4CCN(C)CC4)cc(C(=O)NC4CCN(C)CC4)c3)c2)cc(NC(=O)Nc2c(Cl)cncc2Cl)c1=O. The summed E-state index contributed by atoms with van der Waals surface area (Å²) in [7, 11) is 4.14. The minimum absolute atomic E-state index is 0.0125. The average Bonchev–Trinajstić information content (AvgIpc) is 3.15. The highest BCUT2D eigenvalue weighted by Gasteiger charge is 2.23. The van der Waals surface area contributed by atoms with Crippen molar-refractivity contribution >= 4 is 52.4 Å². The molecule has 0 aliphatic carbocycles. The molecule has 0 spiro atoms. The van der Waals surface area contributed by atoms with E-state index in [4.69, 9.17) is 23.2 Å². The number of hydrogen-bond acceptors (Lipinski definition) is 8. The second-order valence-corrected chi connectivity index (χ2v) is 14.4. The van der Waals surface area contributed by atoms with E-state index < -0.39 is 11.6 Å². The van der Waals surface area contributed by atoms with E-state index in [1.54, 1.807) is 25.1 Å². The smallest absolute Gasteiger partial charge is 0.323 e. The lowest BCUT2D eigenvalue weighted by atomic mass is 9.96. The number of nitrogens with zero attached hydrogens (tertiary/aromatic N) is 5. The molecule has 0 unspecified atom stereocenters. The number of likely N-dealkylation sites (tertiary alicyclic amines) is 2. The predicted octanol–water partition coefficient (Wildman–Crippen LogP) is 5.59. The quantitative estimate of drug-likeness (QED) is 0.172. The van der Waals surface area contributed by atoms with Crippen LogP contribution in [0.25, 0.3) is 22.4 Å². The molecule has 0 bridgehead atoms. The van der Waals surface area contributed by atoms with Crippen molar-refractivity contribution in [2.24, 2.45) is 0 Å². The first-order valence-corrected chi connectivity index (χ1v) is 18.5. The lowest BCUT2D eigenvalue weighted by molar-refractivity contribution is 0.0916. The first-order valence-electron chi connectivity index (χ1n) is 17.7. The molecule has 53 heavy (non-hydrogen) atoms. The first kappa shape index (κ1) is 37.9. The zero-order valence-electron chi connectivity index (χ0n) is 29.9. The highest BCUT2D eigenvalue weighted by Crippen LogP contribution is 2.30. The molecule has 4 aromatic rings. The molecule has 2 saturated heterocycles. The molecule has 4 heterocycles. The summed E-state index contributed by atoms with van der Waals surface area (Å²) in [6, 6.07) is 13.5. The van der Waals surface area contributed by atoms with Crippen molar-refractivity contribution in [1.29, 1.82) is 0 Å². The lowest BCUT2D eigenvalue weighted by Crippen LogP contribution is -2.44. The third-order valence-corrected chi connectivity index (χ3v) is 10.2. The zero-order chi connectivity index (χ0) is 37.6. The van der Waals surface area contributed by atoms with Gasteiger partial charge in [-0.25, -0.2) is 9.48 Å². The van der Waals surface area contributed by atoms with E-state index in [9.17, 15) is 19.2 Å². The number of aromatic nitrogens is 3. The van der Waals surface area contributed by atoms with Gasteiger partial charge >= 0.3 is 6.03 Å². The fourth-order valence-corrected chi connectivity index (χ4v) is 7.00. The molecule has 15 heteroatoms. The molecule has 2 aromatic carbocycles. The summed E-state index contributed by atoms with van der Waals surface area (Å²) in [4.78, 5) is 62.0. The number of amides is 4. The number of nitrogens with one attached hydrogen (secondary N) is 4. The standard InChI is InChI=1S/C38H43Cl2N9O4/c1-4-49-37(52)33(44-38(53)45-34-30(39)21-41-22-31(34)40)20-32(46-49)24-7-5-6-23(16-24)25-17-26(35(50)42-28-8-12-47(2)13-9-28)19-27(18-25)36(51)43-29-10-14-48(3)15-11-29/h5-7,16-22,28-29H,4,8-15H2,1-3H3,(H,42,50)(H,43,51)(H2,41,44,45,53). The Labute approximate surface area is 318 Å². The number of benzene rings is 2. The van der Waals surface area contributed by atoms with Crippen LogP contribution in [0, 0.1) is 0 Å². The Kier molecular flexibility index (Phi) is 12.1. The molecule has 2 aromatic heterocycles. The van der Waals surface area contributed by atoms with Crippen molar-refractivity contribution < 1.29 is 14.4 Å². The molecule has 278 valence electrons. The predicted molar refractivity (Wildman–Crippen MR) is 208 cm³/mol. The Morgan fingerprint density at radius 1 is 0.755 bits per heavy atom. The topological polar surface area (TPSA) is 154 Å². The average molecular weight is 761 g/mol. The monoisotopic (exact) mass is 759 g/mol. The lowest BCUT2D eigenvalue weighted by Gasteiger charge is -2.30. The third kappa shape index (κ3) is 9.41. The number of anilines is 2. The second kappa shape index (κ2) is 16.9. The van der Waals surface area contributed by atoms with E-state index in [0.29, 0.717) is 27.9 Å². The molecule has 2 aliphatic heterocycles. The Morgan fingerprint density at radius 2 is 1.30 bits per heavy atom. The summed E-state index contributed by atoms with van der Waals surface area (Å²) >= 11 is 12.3. The van der Waals surface area contributed by atoms with Crippen molar-refractivity contribution in [1.82, 2.24) is 35.2 Å². The van der Waals surface area contributed by atoms with Gasteiger partial charge in [0.25, 0.3) is 17.4 Å².